The summed E-state index contributed by atoms with van der Waals surface area (Å²) >= 11 is 0. The molecule has 0 bridgehead atoms. The fourth-order valence-electron chi connectivity index (χ4n) is 3.65. The number of hydrogen-bond acceptors (Lipinski definition) is 6. The van der Waals surface area contributed by atoms with Crippen LogP contribution >= 0.6 is 0 Å². The lowest BCUT2D eigenvalue weighted by Gasteiger charge is -2.42. The summed E-state index contributed by atoms with van der Waals surface area (Å²) in [5.41, 5.74) is 0.400. The van der Waals surface area contributed by atoms with Gasteiger partial charge in [-0.2, -0.15) is 0 Å². The molecule has 1 aromatic heterocycles. The van der Waals surface area contributed by atoms with Crippen molar-refractivity contribution in [1.82, 2.24) is 19.2 Å². The van der Waals surface area contributed by atoms with Gasteiger partial charge in [-0.1, -0.05) is 0 Å². The number of aliphatic hydroxyl groups is 1. The number of rotatable bonds is 3. The smallest absolute Gasteiger partial charge is 0.274 e. The third-order valence-electron chi connectivity index (χ3n) is 5.11. The molecule has 9 heteroatoms. The van der Waals surface area contributed by atoms with E-state index in [-0.39, 0.29) is 30.7 Å². The highest BCUT2D eigenvalue weighted by Gasteiger charge is 2.52. The summed E-state index contributed by atoms with van der Waals surface area (Å²) in [6.07, 6.45) is 4.84. The monoisotopic (exact) mass is 354 g/mol. The van der Waals surface area contributed by atoms with Crippen molar-refractivity contribution in [2.75, 3.05) is 39.0 Å². The summed E-state index contributed by atoms with van der Waals surface area (Å²) < 4.78 is 25.1. The second kappa shape index (κ2) is 6.05. The molecule has 1 aromatic rings. The fourth-order valence-corrected chi connectivity index (χ4v) is 4.59. The molecule has 0 aromatic carbocycles. The van der Waals surface area contributed by atoms with E-state index in [1.165, 1.54) is 16.8 Å². The van der Waals surface area contributed by atoms with Crippen molar-refractivity contribution < 1.29 is 18.3 Å². The zero-order valence-electron chi connectivity index (χ0n) is 13.8. The first-order valence-electron chi connectivity index (χ1n) is 7.89. The molecule has 0 unspecified atom stereocenters. The van der Waals surface area contributed by atoms with Crippen LogP contribution in [0.2, 0.25) is 0 Å². The van der Waals surface area contributed by atoms with Gasteiger partial charge >= 0.3 is 0 Å². The van der Waals surface area contributed by atoms with E-state index >= 15 is 0 Å². The Kier molecular flexibility index (Phi) is 4.35. The minimum atomic E-state index is -3.31. The van der Waals surface area contributed by atoms with Gasteiger partial charge in [0.1, 0.15) is 5.69 Å². The molecule has 0 spiro atoms. The minimum Gasteiger partial charge on any atom is -0.396 e. The number of nitrogens with zero attached hydrogens (tertiary/aromatic N) is 4. The second-order valence-electron chi connectivity index (χ2n) is 6.83. The number of piperidine rings is 1. The first-order chi connectivity index (χ1) is 11.2. The molecule has 1 N–H and O–H groups in total. The first kappa shape index (κ1) is 17.2. The summed E-state index contributed by atoms with van der Waals surface area (Å²) in [4.78, 5) is 22.5. The number of amides is 1. The van der Waals surface area contributed by atoms with E-state index in [2.05, 4.69) is 9.97 Å². The van der Waals surface area contributed by atoms with Crippen LogP contribution in [0.25, 0.3) is 0 Å². The lowest BCUT2D eigenvalue weighted by Crippen LogP contribution is -2.52. The number of aliphatic hydroxyl groups excluding tert-OH is 1. The SMILES string of the molecule is Cc1cnc(C(=O)N2CC[C@H]3CN(S(C)(=O)=O)C[C@@]3(CO)C2)cn1. The topological polar surface area (TPSA) is 104 Å². The largest absolute Gasteiger partial charge is 0.396 e. The molecule has 8 nitrogen and oxygen atoms in total. The lowest BCUT2D eigenvalue weighted by molar-refractivity contribution is 0.0126. The molecule has 2 saturated heterocycles. The van der Waals surface area contributed by atoms with E-state index in [1.54, 1.807) is 18.0 Å². The van der Waals surface area contributed by atoms with Gasteiger partial charge in [0.05, 0.1) is 24.8 Å². The summed E-state index contributed by atoms with van der Waals surface area (Å²) in [5.74, 6) is -0.169. The highest BCUT2D eigenvalue weighted by atomic mass is 32.2. The van der Waals surface area contributed by atoms with Gasteiger partial charge in [-0.3, -0.25) is 9.78 Å². The van der Waals surface area contributed by atoms with Gasteiger partial charge in [0, 0.05) is 37.8 Å². The van der Waals surface area contributed by atoms with E-state index in [1.807, 2.05) is 0 Å². The number of carbonyl (C=O) groups excluding carboxylic acids is 1. The van der Waals surface area contributed by atoms with E-state index in [0.29, 0.717) is 26.1 Å². The van der Waals surface area contributed by atoms with Crippen LogP contribution in [0.5, 0.6) is 0 Å². The Morgan fingerprint density at radius 2 is 2.12 bits per heavy atom. The third kappa shape index (κ3) is 3.03. The summed E-state index contributed by atoms with van der Waals surface area (Å²) in [5, 5.41) is 9.95. The predicted molar refractivity (Wildman–Crippen MR) is 86.7 cm³/mol. The molecule has 1 amide bonds. The van der Waals surface area contributed by atoms with Gasteiger partial charge in [0.25, 0.3) is 5.91 Å². The number of likely N-dealkylation sites (tertiary alicyclic amines) is 1. The number of sulfonamides is 1. The van der Waals surface area contributed by atoms with Crippen LogP contribution in [-0.4, -0.2) is 77.6 Å². The molecule has 2 atom stereocenters. The van der Waals surface area contributed by atoms with Crippen molar-refractivity contribution in [3.63, 3.8) is 0 Å². The standard InChI is InChI=1S/C15H22N4O4S/c1-11-5-17-13(6-16-11)14(21)18-4-3-12-7-19(24(2,22)23)9-15(12,8-18)10-20/h5-6,12,20H,3-4,7-10H2,1-2H3/t12-,15+/m0/s1. The molecule has 0 aliphatic carbocycles. The average molecular weight is 354 g/mol. The van der Waals surface area contributed by atoms with Gasteiger partial charge in [0.2, 0.25) is 10.0 Å². The van der Waals surface area contributed by atoms with Crippen molar-refractivity contribution in [2.45, 2.75) is 13.3 Å². The van der Waals surface area contributed by atoms with Crippen LogP contribution < -0.4 is 0 Å². The molecule has 0 radical (unpaired) electrons. The predicted octanol–water partition coefficient (Wildman–Crippen LogP) is -0.499. The normalized spacial score (nSPS) is 28.0. The van der Waals surface area contributed by atoms with Gasteiger partial charge < -0.3 is 10.0 Å². The van der Waals surface area contributed by atoms with Crippen molar-refractivity contribution in [3.8, 4) is 0 Å². The van der Waals surface area contributed by atoms with E-state index in [9.17, 15) is 18.3 Å². The molecule has 0 saturated carbocycles. The van der Waals surface area contributed by atoms with Crippen LogP contribution in [0.15, 0.2) is 12.4 Å². The number of carbonyl (C=O) groups is 1. The molecule has 3 heterocycles. The molecule has 2 aliphatic rings. The van der Waals surface area contributed by atoms with E-state index in [0.717, 1.165) is 5.69 Å². The van der Waals surface area contributed by atoms with Crippen LogP contribution in [0, 0.1) is 18.3 Å². The van der Waals surface area contributed by atoms with Crippen LogP contribution in [0.3, 0.4) is 0 Å². The summed E-state index contributed by atoms with van der Waals surface area (Å²) in [7, 11) is -3.31. The molecular formula is C15H22N4O4S. The maximum Gasteiger partial charge on any atom is 0.274 e. The second-order valence-corrected chi connectivity index (χ2v) is 8.81. The average Bonchev–Trinajstić information content (AvgIpc) is 2.94. The quantitative estimate of drug-likeness (QED) is 0.785. The zero-order valence-corrected chi connectivity index (χ0v) is 14.7. The Morgan fingerprint density at radius 1 is 1.38 bits per heavy atom. The third-order valence-corrected chi connectivity index (χ3v) is 6.32. The number of aromatic nitrogens is 2. The van der Waals surface area contributed by atoms with Crippen molar-refractivity contribution in [1.29, 1.82) is 0 Å². The Bertz CT molecular complexity index is 736. The van der Waals surface area contributed by atoms with Gasteiger partial charge in [-0.25, -0.2) is 17.7 Å². The lowest BCUT2D eigenvalue weighted by atomic mass is 9.74. The van der Waals surface area contributed by atoms with Crippen LogP contribution in [0.1, 0.15) is 22.6 Å². The Hall–Kier alpha value is -1.58. The molecule has 3 rings (SSSR count). The van der Waals surface area contributed by atoms with E-state index in [4.69, 9.17) is 0 Å². The maximum absolute atomic E-state index is 12.6. The Labute approximate surface area is 141 Å². The molecule has 24 heavy (non-hydrogen) atoms. The van der Waals surface area contributed by atoms with E-state index < -0.39 is 15.4 Å². The maximum atomic E-state index is 12.6. The first-order valence-corrected chi connectivity index (χ1v) is 9.74. The number of aryl methyl sites for hydroxylation is 1. The summed E-state index contributed by atoms with van der Waals surface area (Å²) in [6, 6.07) is 0. The number of hydrogen-bond donors (Lipinski definition) is 1. The molecule has 2 aliphatic heterocycles. The van der Waals surface area contributed by atoms with Crippen LogP contribution in [-0.2, 0) is 10.0 Å². The molecular weight excluding hydrogens is 332 g/mol. The molecule has 132 valence electrons. The highest BCUT2D eigenvalue weighted by Crippen LogP contribution is 2.42. The van der Waals surface area contributed by atoms with Gasteiger partial charge in [-0.05, 0) is 19.3 Å². The zero-order chi connectivity index (χ0) is 17.5. The molecule has 2 fully saturated rings. The van der Waals surface area contributed by atoms with Crippen LogP contribution in [0.4, 0.5) is 0 Å². The highest BCUT2D eigenvalue weighted by molar-refractivity contribution is 7.88. The van der Waals surface area contributed by atoms with Gasteiger partial charge in [-0.15, -0.1) is 0 Å². The number of fused-ring (bicyclic) bond motifs is 1. The fraction of sp³-hybridized carbons (Fsp3) is 0.667. The van der Waals surface area contributed by atoms with Crippen molar-refractivity contribution >= 4 is 15.9 Å². The van der Waals surface area contributed by atoms with Gasteiger partial charge in [0.15, 0.2) is 0 Å². The Balaban J connectivity index is 1.81. The van der Waals surface area contributed by atoms with Crippen molar-refractivity contribution in [3.05, 3.63) is 23.8 Å². The Morgan fingerprint density at radius 3 is 2.71 bits per heavy atom. The van der Waals surface area contributed by atoms with Crippen molar-refractivity contribution in [2.24, 2.45) is 11.3 Å². The summed E-state index contributed by atoms with van der Waals surface area (Å²) in [6.45, 7) is 3.16. The minimum absolute atomic E-state index is 0.0605.